The monoisotopic (exact) mass is 295 g/mol. The van der Waals surface area contributed by atoms with Gasteiger partial charge in [-0.3, -0.25) is 0 Å². The summed E-state index contributed by atoms with van der Waals surface area (Å²) in [6.45, 7) is 3.73. The van der Waals surface area contributed by atoms with Crippen LogP contribution in [-0.4, -0.2) is 6.54 Å². The molecule has 2 rings (SSSR count). The summed E-state index contributed by atoms with van der Waals surface area (Å²) in [6, 6.07) is 13.0. The Labute approximate surface area is 123 Å². The van der Waals surface area contributed by atoms with Crippen LogP contribution in [-0.2, 0) is 6.54 Å². The van der Waals surface area contributed by atoms with Gasteiger partial charge in [0.25, 0.3) is 0 Å². The van der Waals surface area contributed by atoms with E-state index in [0.29, 0.717) is 21.5 Å². The van der Waals surface area contributed by atoms with Crippen molar-refractivity contribution in [1.82, 2.24) is 5.32 Å². The summed E-state index contributed by atoms with van der Waals surface area (Å²) in [5.41, 5.74) is 1.06. The molecule has 4 heteroatoms. The summed E-state index contributed by atoms with van der Waals surface area (Å²) in [4.78, 5) is 0. The molecule has 0 saturated heterocycles. The van der Waals surface area contributed by atoms with Crippen LogP contribution in [0.3, 0.4) is 0 Å². The molecule has 0 aliphatic heterocycles. The number of halogens is 2. The van der Waals surface area contributed by atoms with Gasteiger partial charge in [0, 0.05) is 16.6 Å². The van der Waals surface area contributed by atoms with Crippen LogP contribution >= 0.6 is 23.2 Å². The van der Waals surface area contributed by atoms with E-state index in [0.717, 1.165) is 18.7 Å². The molecule has 0 saturated carbocycles. The largest absolute Gasteiger partial charge is 0.457 e. The summed E-state index contributed by atoms with van der Waals surface area (Å²) >= 11 is 12.1. The lowest BCUT2D eigenvalue weighted by Gasteiger charge is -2.09. The van der Waals surface area contributed by atoms with Crippen molar-refractivity contribution < 1.29 is 4.74 Å². The van der Waals surface area contributed by atoms with Gasteiger partial charge < -0.3 is 10.1 Å². The summed E-state index contributed by atoms with van der Waals surface area (Å²) in [5.74, 6) is 1.40. The minimum Gasteiger partial charge on any atom is -0.457 e. The first kappa shape index (κ1) is 14.2. The van der Waals surface area contributed by atoms with Gasteiger partial charge in [0.05, 0.1) is 0 Å². The number of hydrogen-bond acceptors (Lipinski definition) is 2. The third-order valence-corrected chi connectivity index (χ3v) is 3.21. The van der Waals surface area contributed by atoms with E-state index >= 15 is 0 Å². The Bertz CT molecular complexity index is 558. The average molecular weight is 296 g/mol. The van der Waals surface area contributed by atoms with Crippen LogP contribution in [0.15, 0.2) is 42.5 Å². The molecule has 0 aliphatic carbocycles. The molecule has 0 aliphatic rings. The second-order valence-corrected chi connectivity index (χ2v) is 4.94. The predicted octanol–water partition coefficient (Wildman–Crippen LogP) is 4.90. The Morgan fingerprint density at radius 2 is 1.84 bits per heavy atom. The molecule has 0 spiro atoms. The molecule has 0 aromatic heterocycles. The van der Waals surface area contributed by atoms with E-state index in [1.54, 1.807) is 12.1 Å². The zero-order valence-corrected chi connectivity index (χ0v) is 12.1. The van der Waals surface area contributed by atoms with Crippen LogP contribution in [0, 0.1) is 0 Å². The Balaban J connectivity index is 2.11. The van der Waals surface area contributed by atoms with E-state index < -0.39 is 0 Å². The molecule has 2 aromatic rings. The molecule has 1 N–H and O–H groups in total. The minimum absolute atomic E-state index is 0.646. The SMILES string of the molecule is CCNCc1ccc(Oc2cccc(Cl)c2)cc1Cl. The molecule has 0 unspecified atom stereocenters. The second-order valence-electron chi connectivity index (χ2n) is 4.09. The van der Waals surface area contributed by atoms with E-state index in [-0.39, 0.29) is 0 Å². The lowest BCUT2D eigenvalue weighted by molar-refractivity contribution is 0.482. The quantitative estimate of drug-likeness (QED) is 0.847. The van der Waals surface area contributed by atoms with E-state index in [4.69, 9.17) is 27.9 Å². The van der Waals surface area contributed by atoms with Gasteiger partial charge in [-0.25, -0.2) is 0 Å². The van der Waals surface area contributed by atoms with Crippen LogP contribution in [0.4, 0.5) is 0 Å². The molecule has 100 valence electrons. The van der Waals surface area contributed by atoms with Crippen molar-refractivity contribution in [3.8, 4) is 11.5 Å². The first-order chi connectivity index (χ1) is 9.19. The Morgan fingerprint density at radius 3 is 2.53 bits per heavy atom. The van der Waals surface area contributed by atoms with E-state index in [2.05, 4.69) is 12.2 Å². The van der Waals surface area contributed by atoms with Crippen LogP contribution < -0.4 is 10.1 Å². The molecule has 0 heterocycles. The minimum atomic E-state index is 0.646. The molecule has 0 amide bonds. The Kier molecular flexibility index (Phi) is 5.08. The van der Waals surface area contributed by atoms with Crippen molar-refractivity contribution in [3.63, 3.8) is 0 Å². The molecule has 0 fully saturated rings. The van der Waals surface area contributed by atoms with Crippen molar-refractivity contribution in [3.05, 3.63) is 58.1 Å². The molecule has 0 radical (unpaired) electrons. The van der Waals surface area contributed by atoms with Gasteiger partial charge in [-0.2, -0.15) is 0 Å². The van der Waals surface area contributed by atoms with Crippen molar-refractivity contribution in [2.45, 2.75) is 13.5 Å². The highest BCUT2D eigenvalue weighted by Crippen LogP contribution is 2.28. The van der Waals surface area contributed by atoms with Gasteiger partial charge in [-0.15, -0.1) is 0 Å². The molecule has 0 bridgehead atoms. The maximum atomic E-state index is 6.22. The lowest BCUT2D eigenvalue weighted by atomic mass is 10.2. The first-order valence-electron chi connectivity index (χ1n) is 6.11. The van der Waals surface area contributed by atoms with Crippen molar-refractivity contribution >= 4 is 23.2 Å². The standard InChI is InChI=1S/C15H15Cl2NO/c1-2-18-10-11-6-7-14(9-15(11)17)19-13-5-3-4-12(16)8-13/h3-9,18H,2,10H2,1H3. The molecular weight excluding hydrogens is 281 g/mol. The van der Waals surface area contributed by atoms with E-state index in [9.17, 15) is 0 Å². The summed E-state index contributed by atoms with van der Waals surface area (Å²) in [7, 11) is 0. The molecular formula is C15H15Cl2NO. The molecule has 19 heavy (non-hydrogen) atoms. The number of hydrogen-bond donors (Lipinski definition) is 1. The zero-order valence-electron chi connectivity index (χ0n) is 10.6. The summed E-state index contributed by atoms with van der Waals surface area (Å²) < 4.78 is 5.71. The topological polar surface area (TPSA) is 21.3 Å². The Morgan fingerprint density at radius 1 is 1.05 bits per heavy atom. The smallest absolute Gasteiger partial charge is 0.128 e. The van der Waals surface area contributed by atoms with Crippen molar-refractivity contribution in [1.29, 1.82) is 0 Å². The summed E-state index contributed by atoms with van der Waals surface area (Å²) in [5, 5.41) is 4.58. The highest BCUT2D eigenvalue weighted by atomic mass is 35.5. The third kappa shape index (κ3) is 4.13. The van der Waals surface area contributed by atoms with Gasteiger partial charge in [0.1, 0.15) is 11.5 Å². The van der Waals surface area contributed by atoms with Crippen LogP contribution in [0.1, 0.15) is 12.5 Å². The van der Waals surface area contributed by atoms with Crippen LogP contribution in [0.2, 0.25) is 10.0 Å². The van der Waals surface area contributed by atoms with Gasteiger partial charge >= 0.3 is 0 Å². The van der Waals surface area contributed by atoms with Crippen molar-refractivity contribution in [2.24, 2.45) is 0 Å². The third-order valence-electron chi connectivity index (χ3n) is 2.62. The fourth-order valence-corrected chi connectivity index (χ4v) is 2.08. The normalized spacial score (nSPS) is 10.5. The number of rotatable bonds is 5. The highest BCUT2D eigenvalue weighted by Gasteiger charge is 2.03. The maximum Gasteiger partial charge on any atom is 0.128 e. The van der Waals surface area contributed by atoms with Crippen molar-refractivity contribution in [2.75, 3.05) is 6.54 Å². The van der Waals surface area contributed by atoms with Gasteiger partial charge in [0.15, 0.2) is 0 Å². The Hall–Kier alpha value is -1.22. The number of ether oxygens (including phenoxy) is 1. The van der Waals surface area contributed by atoms with E-state index in [1.807, 2.05) is 30.3 Å². The number of nitrogens with one attached hydrogen (secondary N) is 1. The fraction of sp³-hybridized carbons (Fsp3) is 0.200. The number of benzene rings is 2. The highest BCUT2D eigenvalue weighted by molar-refractivity contribution is 6.31. The predicted molar refractivity (Wildman–Crippen MR) is 80.4 cm³/mol. The molecule has 2 nitrogen and oxygen atoms in total. The first-order valence-corrected chi connectivity index (χ1v) is 6.87. The zero-order chi connectivity index (χ0) is 13.7. The maximum absolute atomic E-state index is 6.22. The van der Waals surface area contributed by atoms with E-state index in [1.165, 1.54) is 0 Å². The van der Waals surface area contributed by atoms with Crippen LogP contribution in [0.5, 0.6) is 11.5 Å². The summed E-state index contributed by atoms with van der Waals surface area (Å²) in [6.07, 6.45) is 0. The van der Waals surface area contributed by atoms with Gasteiger partial charge in [-0.05, 0) is 42.4 Å². The lowest BCUT2D eigenvalue weighted by Crippen LogP contribution is -2.11. The van der Waals surface area contributed by atoms with Gasteiger partial charge in [-0.1, -0.05) is 42.3 Å². The second kappa shape index (κ2) is 6.80. The van der Waals surface area contributed by atoms with Gasteiger partial charge in [0.2, 0.25) is 0 Å². The van der Waals surface area contributed by atoms with Crippen LogP contribution in [0.25, 0.3) is 0 Å². The molecule has 0 atom stereocenters. The average Bonchev–Trinajstić information content (AvgIpc) is 2.38. The fourth-order valence-electron chi connectivity index (χ4n) is 1.66. The molecule has 2 aromatic carbocycles.